The van der Waals surface area contributed by atoms with Crippen molar-refractivity contribution in [1.29, 1.82) is 0 Å². The standard InChI is InChI=1S/C14H15BrINO3/c1-8-6-17(7-11(8)14(19)20-2)13(18)10-5-9(16)3-4-12(10)15/h3-5,8,11H,6-7H2,1-2H3. The van der Waals surface area contributed by atoms with Crippen LogP contribution in [0.3, 0.4) is 0 Å². The molecule has 0 radical (unpaired) electrons. The molecule has 4 nitrogen and oxygen atoms in total. The molecule has 108 valence electrons. The number of hydrogen-bond donors (Lipinski definition) is 0. The van der Waals surface area contributed by atoms with Crippen molar-refractivity contribution in [2.45, 2.75) is 6.92 Å². The topological polar surface area (TPSA) is 46.6 Å². The highest BCUT2D eigenvalue weighted by molar-refractivity contribution is 14.1. The number of esters is 1. The molecule has 1 aromatic carbocycles. The van der Waals surface area contributed by atoms with Crippen molar-refractivity contribution >= 4 is 50.4 Å². The molecule has 1 heterocycles. The molecule has 0 saturated carbocycles. The van der Waals surface area contributed by atoms with Gasteiger partial charge in [-0.25, -0.2) is 0 Å². The molecule has 2 unspecified atom stereocenters. The summed E-state index contributed by atoms with van der Waals surface area (Å²) in [7, 11) is 1.38. The van der Waals surface area contributed by atoms with E-state index in [9.17, 15) is 9.59 Å². The number of amides is 1. The van der Waals surface area contributed by atoms with Crippen LogP contribution in [0.15, 0.2) is 22.7 Å². The van der Waals surface area contributed by atoms with Crippen LogP contribution in [0.2, 0.25) is 0 Å². The van der Waals surface area contributed by atoms with E-state index in [1.165, 1.54) is 7.11 Å². The van der Waals surface area contributed by atoms with Gasteiger partial charge in [-0.3, -0.25) is 9.59 Å². The van der Waals surface area contributed by atoms with Crippen LogP contribution < -0.4 is 0 Å². The minimum absolute atomic E-state index is 0.0476. The van der Waals surface area contributed by atoms with E-state index in [1.807, 2.05) is 25.1 Å². The number of methoxy groups -OCH3 is 1. The molecule has 6 heteroatoms. The third-order valence-corrected chi connectivity index (χ3v) is 4.92. The van der Waals surface area contributed by atoms with Gasteiger partial charge in [0, 0.05) is 21.1 Å². The Bertz CT molecular complexity index is 549. The fraction of sp³-hybridized carbons (Fsp3) is 0.429. The molecule has 1 aromatic rings. The molecule has 1 aliphatic heterocycles. The molecule has 0 bridgehead atoms. The van der Waals surface area contributed by atoms with Crippen molar-refractivity contribution in [2.75, 3.05) is 20.2 Å². The van der Waals surface area contributed by atoms with Crippen LogP contribution in [0.1, 0.15) is 17.3 Å². The molecule has 2 atom stereocenters. The molecule has 1 saturated heterocycles. The summed E-state index contributed by atoms with van der Waals surface area (Å²) in [4.78, 5) is 26.0. The molecular formula is C14H15BrINO3. The number of rotatable bonds is 2. The van der Waals surface area contributed by atoms with E-state index in [0.717, 1.165) is 8.04 Å². The highest BCUT2D eigenvalue weighted by Gasteiger charge is 2.38. The van der Waals surface area contributed by atoms with Gasteiger partial charge in [-0.1, -0.05) is 6.92 Å². The Morgan fingerprint density at radius 3 is 2.75 bits per heavy atom. The molecule has 1 amide bonds. The van der Waals surface area contributed by atoms with Crippen LogP contribution in [0.4, 0.5) is 0 Å². The first-order chi connectivity index (χ1) is 9.43. The van der Waals surface area contributed by atoms with Gasteiger partial charge in [0.15, 0.2) is 0 Å². The minimum Gasteiger partial charge on any atom is -0.469 e. The first-order valence-electron chi connectivity index (χ1n) is 6.26. The molecule has 1 aliphatic rings. The van der Waals surface area contributed by atoms with Gasteiger partial charge in [0.25, 0.3) is 5.91 Å². The Kier molecular flexibility index (Phi) is 5.06. The summed E-state index contributed by atoms with van der Waals surface area (Å²) in [6.45, 7) is 2.97. The summed E-state index contributed by atoms with van der Waals surface area (Å²) in [6.07, 6.45) is 0. The highest BCUT2D eigenvalue weighted by Crippen LogP contribution is 2.28. The lowest BCUT2D eigenvalue weighted by molar-refractivity contribution is -0.146. The number of nitrogens with zero attached hydrogens (tertiary/aromatic N) is 1. The first kappa shape index (κ1) is 15.8. The molecule has 0 aromatic heterocycles. The van der Waals surface area contributed by atoms with Crippen molar-refractivity contribution in [1.82, 2.24) is 4.90 Å². The molecular weight excluding hydrogens is 437 g/mol. The van der Waals surface area contributed by atoms with E-state index in [0.29, 0.717) is 18.7 Å². The fourth-order valence-corrected chi connectivity index (χ4v) is 3.33. The Hall–Kier alpha value is -0.630. The average molecular weight is 452 g/mol. The minimum atomic E-state index is -0.241. The van der Waals surface area contributed by atoms with E-state index in [4.69, 9.17) is 4.74 Å². The van der Waals surface area contributed by atoms with Crippen LogP contribution in [-0.2, 0) is 9.53 Å². The second-order valence-electron chi connectivity index (χ2n) is 4.94. The van der Waals surface area contributed by atoms with Crippen molar-refractivity contribution in [2.24, 2.45) is 11.8 Å². The van der Waals surface area contributed by atoms with E-state index >= 15 is 0 Å². The van der Waals surface area contributed by atoms with Gasteiger partial charge >= 0.3 is 5.97 Å². The van der Waals surface area contributed by atoms with E-state index in [-0.39, 0.29) is 23.7 Å². The number of likely N-dealkylation sites (tertiary alicyclic amines) is 1. The van der Waals surface area contributed by atoms with Gasteiger partial charge in [0.1, 0.15) is 0 Å². The Morgan fingerprint density at radius 2 is 2.10 bits per heavy atom. The maximum absolute atomic E-state index is 12.6. The van der Waals surface area contributed by atoms with Gasteiger partial charge < -0.3 is 9.64 Å². The lowest BCUT2D eigenvalue weighted by atomic mass is 9.99. The molecule has 0 aliphatic carbocycles. The van der Waals surface area contributed by atoms with Gasteiger partial charge in [-0.15, -0.1) is 0 Å². The zero-order chi connectivity index (χ0) is 14.9. The predicted octanol–water partition coefficient (Wildman–Crippen LogP) is 2.93. The SMILES string of the molecule is COC(=O)C1CN(C(=O)c2cc(I)ccc2Br)CC1C. The van der Waals surface area contributed by atoms with Gasteiger partial charge in [-0.05, 0) is 62.6 Å². The van der Waals surface area contributed by atoms with Crippen molar-refractivity contribution < 1.29 is 14.3 Å². The zero-order valence-corrected chi connectivity index (χ0v) is 15.0. The number of benzene rings is 1. The monoisotopic (exact) mass is 451 g/mol. The van der Waals surface area contributed by atoms with Gasteiger partial charge in [0.2, 0.25) is 0 Å². The summed E-state index contributed by atoms with van der Waals surface area (Å²) in [5.41, 5.74) is 0.634. The number of hydrogen-bond acceptors (Lipinski definition) is 3. The van der Waals surface area contributed by atoms with Crippen LogP contribution in [0.25, 0.3) is 0 Å². The fourth-order valence-electron chi connectivity index (χ4n) is 2.42. The predicted molar refractivity (Wildman–Crippen MR) is 87.4 cm³/mol. The number of halogens is 2. The molecule has 1 fully saturated rings. The smallest absolute Gasteiger partial charge is 0.310 e. The maximum atomic E-state index is 12.6. The number of carbonyl (C=O) groups is 2. The summed E-state index contributed by atoms with van der Waals surface area (Å²) in [5.74, 6) is -0.401. The molecule has 0 spiro atoms. The summed E-state index contributed by atoms with van der Waals surface area (Å²) in [6, 6.07) is 5.65. The largest absolute Gasteiger partial charge is 0.469 e. The third-order valence-electron chi connectivity index (χ3n) is 3.56. The average Bonchev–Trinajstić information content (AvgIpc) is 2.82. The van der Waals surface area contributed by atoms with E-state index in [2.05, 4.69) is 38.5 Å². The Balaban J connectivity index is 2.19. The summed E-state index contributed by atoms with van der Waals surface area (Å²) >= 11 is 5.59. The maximum Gasteiger partial charge on any atom is 0.310 e. The normalized spacial score (nSPS) is 21.9. The van der Waals surface area contributed by atoms with Crippen LogP contribution in [0, 0.1) is 15.4 Å². The lowest BCUT2D eigenvalue weighted by Gasteiger charge is -2.17. The Morgan fingerprint density at radius 1 is 1.40 bits per heavy atom. The Labute approximate surface area is 140 Å². The lowest BCUT2D eigenvalue weighted by Crippen LogP contribution is -2.30. The van der Waals surface area contributed by atoms with Crippen LogP contribution in [0.5, 0.6) is 0 Å². The number of ether oxygens (including phenoxy) is 1. The van der Waals surface area contributed by atoms with Gasteiger partial charge in [-0.2, -0.15) is 0 Å². The van der Waals surface area contributed by atoms with E-state index < -0.39 is 0 Å². The zero-order valence-electron chi connectivity index (χ0n) is 11.2. The molecule has 20 heavy (non-hydrogen) atoms. The van der Waals surface area contributed by atoms with Crippen LogP contribution >= 0.6 is 38.5 Å². The highest BCUT2D eigenvalue weighted by atomic mass is 127. The van der Waals surface area contributed by atoms with Crippen molar-refractivity contribution in [3.05, 3.63) is 31.8 Å². The third kappa shape index (κ3) is 3.16. The van der Waals surface area contributed by atoms with E-state index in [1.54, 1.807) is 4.90 Å². The van der Waals surface area contributed by atoms with Crippen molar-refractivity contribution in [3.8, 4) is 0 Å². The summed E-state index contributed by atoms with van der Waals surface area (Å²) in [5, 5.41) is 0. The summed E-state index contributed by atoms with van der Waals surface area (Å²) < 4.78 is 6.57. The second kappa shape index (κ2) is 6.43. The second-order valence-corrected chi connectivity index (χ2v) is 7.04. The number of carbonyl (C=O) groups excluding carboxylic acids is 2. The first-order valence-corrected chi connectivity index (χ1v) is 8.13. The van der Waals surface area contributed by atoms with Crippen molar-refractivity contribution in [3.63, 3.8) is 0 Å². The van der Waals surface area contributed by atoms with Gasteiger partial charge in [0.05, 0.1) is 18.6 Å². The molecule has 2 rings (SSSR count). The van der Waals surface area contributed by atoms with Crippen LogP contribution in [-0.4, -0.2) is 37.0 Å². The quantitative estimate of drug-likeness (QED) is 0.513. The molecule has 0 N–H and O–H groups in total.